The molecule has 6 heteroatoms. The van der Waals surface area contributed by atoms with Crippen LogP contribution in [-0.4, -0.2) is 20.0 Å². The molecule has 0 N–H and O–H groups in total. The van der Waals surface area contributed by atoms with Gasteiger partial charge in [0.15, 0.2) is 0 Å². The quantitative estimate of drug-likeness (QED) is 0.377. The summed E-state index contributed by atoms with van der Waals surface area (Å²) in [6.45, 7) is 5.76. The van der Waals surface area contributed by atoms with E-state index in [9.17, 15) is 8.42 Å². The Morgan fingerprint density at radius 2 is 1.59 bits per heavy atom. The van der Waals surface area contributed by atoms with Crippen LogP contribution < -0.4 is 0 Å². The van der Waals surface area contributed by atoms with Gasteiger partial charge in [-0.3, -0.25) is 4.18 Å². The van der Waals surface area contributed by atoms with E-state index in [1.807, 2.05) is 13.0 Å². The third-order valence-corrected chi connectivity index (χ3v) is 6.52. The van der Waals surface area contributed by atoms with Crippen molar-refractivity contribution < 1.29 is 12.6 Å². The van der Waals surface area contributed by atoms with Crippen molar-refractivity contribution in [2.75, 3.05) is 6.61 Å². The van der Waals surface area contributed by atoms with Gasteiger partial charge in [0.25, 0.3) is 10.1 Å². The molecule has 1 heterocycles. The predicted octanol–water partition coefficient (Wildman–Crippen LogP) is 5.99. The maximum Gasteiger partial charge on any atom is 0.296 e. The van der Waals surface area contributed by atoms with Gasteiger partial charge in [0.05, 0.1) is 26.7 Å². The summed E-state index contributed by atoms with van der Waals surface area (Å²) in [7, 11) is -3.53. The summed E-state index contributed by atoms with van der Waals surface area (Å²) in [6.07, 6.45) is 0. The van der Waals surface area contributed by atoms with Crippen molar-refractivity contribution in [1.29, 1.82) is 0 Å². The molecule has 3 aromatic carbocycles. The molecular formula is C23H23NO3S2. The van der Waals surface area contributed by atoms with Crippen LogP contribution in [0.2, 0.25) is 0 Å². The van der Waals surface area contributed by atoms with Crippen molar-refractivity contribution in [3.05, 3.63) is 83.4 Å². The minimum absolute atomic E-state index is 0.163. The summed E-state index contributed by atoms with van der Waals surface area (Å²) < 4.78 is 28.5. The normalized spacial score (nSPS) is 11.1. The van der Waals surface area contributed by atoms with Crippen LogP contribution in [0.5, 0.6) is 0 Å². The van der Waals surface area contributed by atoms with E-state index >= 15 is 0 Å². The molecule has 0 amide bonds. The second-order valence-electron chi connectivity index (χ2n) is 6.42. The number of fused-ring (bicyclic) bond motifs is 1. The molecule has 0 spiro atoms. The molecule has 4 rings (SSSR count). The molecule has 0 saturated carbocycles. The summed E-state index contributed by atoms with van der Waals surface area (Å²) in [5, 5.41) is 1.12. The third kappa shape index (κ3) is 5.29. The molecule has 0 aliphatic heterocycles. The Balaban J connectivity index is 0.000000170. The van der Waals surface area contributed by atoms with Gasteiger partial charge < -0.3 is 0 Å². The van der Waals surface area contributed by atoms with Gasteiger partial charge in [-0.25, -0.2) is 4.98 Å². The van der Waals surface area contributed by atoms with Gasteiger partial charge in [0, 0.05) is 5.56 Å². The number of hydrogen-bond donors (Lipinski definition) is 0. The number of benzene rings is 3. The lowest BCUT2D eigenvalue weighted by atomic mass is 10.1. The lowest BCUT2D eigenvalue weighted by Gasteiger charge is -2.02. The Bertz CT molecular complexity index is 1180. The minimum atomic E-state index is -3.53. The molecule has 0 atom stereocenters. The first-order chi connectivity index (χ1) is 13.9. The molecule has 0 fully saturated rings. The van der Waals surface area contributed by atoms with E-state index in [4.69, 9.17) is 0 Å². The maximum absolute atomic E-state index is 11.3. The molecule has 0 aliphatic rings. The second-order valence-corrected chi connectivity index (χ2v) is 9.28. The summed E-state index contributed by atoms with van der Waals surface area (Å²) in [6, 6.07) is 23.4. The van der Waals surface area contributed by atoms with Gasteiger partial charge in [-0.1, -0.05) is 60.2 Å². The number of hydrogen-bond acceptors (Lipinski definition) is 5. The fourth-order valence-electron chi connectivity index (χ4n) is 2.84. The highest BCUT2D eigenvalue weighted by atomic mass is 32.2. The smallest absolute Gasteiger partial charge is 0.267 e. The molecule has 150 valence electrons. The molecule has 0 unspecified atom stereocenters. The first-order valence-electron chi connectivity index (χ1n) is 9.28. The molecular weight excluding hydrogens is 402 g/mol. The molecule has 0 saturated heterocycles. The average molecular weight is 426 g/mol. The number of aryl methyl sites for hydroxylation is 2. The van der Waals surface area contributed by atoms with E-state index in [0.29, 0.717) is 0 Å². The number of nitrogens with zero attached hydrogens (tertiary/aromatic N) is 1. The molecule has 1 aromatic heterocycles. The lowest BCUT2D eigenvalue weighted by molar-refractivity contribution is 0.338. The van der Waals surface area contributed by atoms with Gasteiger partial charge in [0.2, 0.25) is 0 Å². The fourth-order valence-corrected chi connectivity index (χ4v) is 4.61. The zero-order chi connectivity index (χ0) is 20.9. The fraction of sp³-hybridized carbons (Fsp3) is 0.174. The predicted molar refractivity (Wildman–Crippen MR) is 120 cm³/mol. The van der Waals surface area contributed by atoms with E-state index in [-0.39, 0.29) is 11.5 Å². The Labute approximate surface area is 176 Å². The third-order valence-electron chi connectivity index (χ3n) is 4.19. The molecule has 0 aliphatic carbocycles. The Morgan fingerprint density at radius 1 is 0.897 bits per heavy atom. The Morgan fingerprint density at radius 3 is 2.24 bits per heavy atom. The maximum atomic E-state index is 11.3. The van der Waals surface area contributed by atoms with Crippen molar-refractivity contribution in [1.82, 2.24) is 4.98 Å². The van der Waals surface area contributed by atoms with Crippen LogP contribution in [0.4, 0.5) is 0 Å². The van der Waals surface area contributed by atoms with Crippen molar-refractivity contribution in [3.8, 4) is 11.1 Å². The molecule has 0 bridgehead atoms. The zero-order valence-electron chi connectivity index (χ0n) is 16.6. The lowest BCUT2D eigenvalue weighted by Crippen LogP contribution is -2.05. The standard InChI is InChI=1S/C14H11NS.C9H12O3S/c1-10-15-14-12(8-5-9-13(14)16-10)11-6-3-2-4-7-11;1-3-12-13(10,11)9-6-4-8(2)5-7-9/h2-9H,1H3;4-7H,3H2,1-2H3. The largest absolute Gasteiger partial charge is 0.296 e. The monoisotopic (exact) mass is 425 g/mol. The van der Waals surface area contributed by atoms with Crippen LogP contribution in [0.1, 0.15) is 17.5 Å². The van der Waals surface area contributed by atoms with Crippen LogP contribution in [0, 0.1) is 13.8 Å². The number of rotatable bonds is 4. The van der Waals surface area contributed by atoms with Crippen molar-refractivity contribution in [3.63, 3.8) is 0 Å². The van der Waals surface area contributed by atoms with Gasteiger partial charge in [-0.05, 0) is 44.5 Å². The first-order valence-corrected chi connectivity index (χ1v) is 11.5. The second kappa shape index (κ2) is 9.31. The van der Waals surface area contributed by atoms with Crippen LogP contribution in [0.3, 0.4) is 0 Å². The Hall–Kier alpha value is -2.54. The Kier molecular flexibility index (Phi) is 6.79. The highest BCUT2D eigenvalue weighted by molar-refractivity contribution is 7.86. The van der Waals surface area contributed by atoms with Crippen LogP contribution >= 0.6 is 11.3 Å². The van der Waals surface area contributed by atoms with E-state index in [1.54, 1.807) is 42.5 Å². The van der Waals surface area contributed by atoms with E-state index < -0.39 is 10.1 Å². The van der Waals surface area contributed by atoms with Crippen LogP contribution in [0.25, 0.3) is 21.3 Å². The van der Waals surface area contributed by atoms with Crippen LogP contribution in [-0.2, 0) is 14.3 Å². The number of para-hydroxylation sites is 1. The average Bonchev–Trinajstić information content (AvgIpc) is 3.09. The van der Waals surface area contributed by atoms with Crippen LogP contribution in [0.15, 0.2) is 77.7 Å². The van der Waals surface area contributed by atoms with Gasteiger partial charge in [-0.15, -0.1) is 11.3 Å². The van der Waals surface area contributed by atoms with Gasteiger partial charge in [0.1, 0.15) is 0 Å². The zero-order valence-corrected chi connectivity index (χ0v) is 18.3. The highest BCUT2D eigenvalue weighted by Gasteiger charge is 2.12. The topological polar surface area (TPSA) is 56.3 Å². The summed E-state index contributed by atoms with van der Waals surface area (Å²) in [4.78, 5) is 4.82. The summed E-state index contributed by atoms with van der Waals surface area (Å²) >= 11 is 1.75. The van der Waals surface area contributed by atoms with E-state index in [0.717, 1.165) is 16.1 Å². The van der Waals surface area contributed by atoms with Gasteiger partial charge in [-0.2, -0.15) is 8.42 Å². The minimum Gasteiger partial charge on any atom is -0.267 e. The van der Waals surface area contributed by atoms with Crippen molar-refractivity contribution in [2.45, 2.75) is 25.7 Å². The van der Waals surface area contributed by atoms with E-state index in [2.05, 4.69) is 58.6 Å². The van der Waals surface area contributed by atoms with Gasteiger partial charge >= 0.3 is 0 Å². The van der Waals surface area contributed by atoms with Crippen molar-refractivity contribution >= 4 is 31.7 Å². The molecule has 0 radical (unpaired) electrons. The van der Waals surface area contributed by atoms with E-state index in [1.165, 1.54) is 15.8 Å². The highest BCUT2D eigenvalue weighted by Crippen LogP contribution is 2.31. The molecule has 29 heavy (non-hydrogen) atoms. The summed E-state index contributed by atoms with van der Waals surface area (Å²) in [5.41, 5.74) is 4.60. The summed E-state index contributed by atoms with van der Waals surface area (Å²) in [5.74, 6) is 0. The first kappa shape index (κ1) is 21.2. The SMILES string of the molecule is CCOS(=O)(=O)c1ccc(C)cc1.Cc1nc2c(-c3ccccc3)cccc2s1. The number of aromatic nitrogens is 1. The number of thiazole rings is 1. The molecule has 4 nitrogen and oxygen atoms in total. The van der Waals surface area contributed by atoms with Crippen molar-refractivity contribution in [2.24, 2.45) is 0 Å². The molecule has 4 aromatic rings.